The zero-order chi connectivity index (χ0) is 30.6. The first-order chi connectivity index (χ1) is 18.6. The lowest BCUT2D eigenvalue weighted by Crippen LogP contribution is -2.41. The molecule has 2 N–H and O–H groups in total. The molecule has 0 aliphatic heterocycles. The van der Waals surface area contributed by atoms with Crippen molar-refractivity contribution in [1.82, 2.24) is 10.6 Å². The van der Waals surface area contributed by atoms with Crippen LogP contribution in [0.4, 0.5) is 9.59 Å². The van der Waals surface area contributed by atoms with Crippen molar-refractivity contribution in [2.24, 2.45) is 0 Å². The summed E-state index contributed by atoms with van der Waals surface area (Å²) in [6.45, 7) is 14.2. The second-order valence-corrected chi connectivity index (χ2v) is 14.7. The number of hydrogen-bond donors (Lipinski definition) is 2. The molecule has 0 bridgehead atoms. The molecule has 0 aromatic carbocycles. The molecule has 0 radical (unpaired) electrons. The second-order valence-electron chi connectivity index (χ2n) is 12.2. The van der Waals surface area contributed by atoms with Crippen molar-refractivity contribution in [1.29, 1.82) is 0 Å². The topological polar surface area (TPSA) is 111 Å². The van der Waals surface area contributed by atoms with Gasteiger partial charge in [0.2, 0.25) is 0 Å². The maximum absolute atomic E-state index is 12.2. The number of hydrogen-bond acceptors (Lipinski definition) is 8. The van der Waals surface area contributed by atoms with Crippen molar-refractivity contribution in [2.75, 3.05) is 23.0 Å². The third-order valence-electron chi connectivity index (χ3n) is 5.75. The van der Waals surface area contributed by atoms with Gasteiger partial charge in [-0.3, -0.25) is 9.59 Å². The largest absolute Gasteiger partial charge is 0.444 e. The number of thioether (sulfide) groups is 2. The van der Waals surface area contributed by atoms with Crippen LogP contribution in [-0.4, -0.2) is 70.1 Å². The number of unbranched alkanes of at least 4 members (excludes halogenated alkanes) is 7. The zero-order valence-corrected chi connectivity index (χ0v) is 28.0. The number of ether oxygens (including phenoxy) is 2. The molecular weight excluding hydrogens is 548 g/mol. The number of alkyl carbamates (subject to hydrolysis) is 2. The van der Waals surface area contributed by atoms with Crippen LogP contribution in [0.5, 0.6) is 0 Å². The lowest BCUT2D eigenvalue weighted by Gasteiger charge is -2.21. The number of amides is 2. The summed E-state index contributed by atoms with van der Waals surface area (Å²) in [5.41, 5.74) is -1.14. The van der Waals surface area contributed by atoms with Crippen LogP contribution in [0.1, 0.15) is 120 Å². The standard InChI is InChI=1S/C30H56N2O6S2/c1-23(31-27(35)37-29(3,4)5)25(33)17-21-39-19-15-13-11-9-10-12-14-16-20-40-22-18-26(34)24(2)32-28(36)38-30(6,7)8/h23-24H,9-22H2,1-8H3,(H,31,35)(H,32,36). The van der Waals surface area contributed by atoms with Gasteiger partial charge in [-0.05, 0) is 79.7 Å². The lowest BCUT2D eigenvalue weighted by atomic mass is 10.1. The average Bonchev–Trinajstić information content (AvgIpc) is 2.80. The highest BCUT2D eigenvalue weighted by molar-refractivity contribution is 7.99. The highest BCUT2D eigenvalue weighted by Crippen LogP contribution is 2.15. The molecule has 0 aliphatic rings. The Balaban J connectivity index is 3.54. The predicted molar refractivity (Wildman–Crippen MR) is 168 cm³/mol. The summed E-state index contributed by atoms with van der Waals surface area (Å²) < 4.78 is 10.4. The van der Waals surface area contributed by atoms with Crippen molar-refractivity contribution in [3.8, 4) is 0 Å². The number of carbonyl (C=O) groups is 4. The minimum atomic E-state index is -0.572. The molecule has 0 aromatic rings. The molecular formula is C30H56N2O6S2. The van der Waals surface area contributed by atoms with Crippen LogP contribution >= 0.6 is 23.5 Å². The fraction of sp³-hybridized carbons (Fsp3) is 0.867. The van der Waals surface area contributed by atoms with Crippen LogP contribution in [0.3, 0.4) is 0 Å². The summed E-state index contributed by atoms with van der Waals surface area (Å²) in [4.78, 5) is 47.9. The number of nitrogens with one attached hydrogen (secondary N) is 2. The Labute approximate surface area is 252 Å². The number of carbonyl (C=O) groups excluding carboxylic acids is 4. The molecule has 0 spiro atoms. The predicted octanol–water partition coefficient (Wildman–Crippen LogP) is 7.32. The van der Waals surface area contributed by atoms with Gasteiger partial charge >= 0.3 is 12.2 Å². The third-order valence-corrected chi connectivity index (χ3v) is 7.89. The van der Waals surface area contributed by atoms with Gasteiger partial charge in [0.05, 0.1) is 12.1 Å². The summed E-state index contributed by atoms with van der Waals surface area (Å²) in [7, 11) is 0. The van der Waals surface area contributed by atoms with E-state index in [1.165, 1.54) is 51.4 Å². The maximum atomic E-state index is 12.2. The Morgan fingerprint density at radius 2 is 0.850 bits per heavy atom. The molecule has 234 valence electrons. The molecule has 0 rings (SSSR count). The highest BCUT2D eigenvalue weighted by Gasteiger charge is 2.21. The SMILES string of the molecule is CC(NC(=O)OC(C)(C)C)C(=O)CCSCCCCCCCCCCSCCC(=O)C(C)NC(=O)OC(C)(C)C. The van der Waals surface area contributed by atoms with E-state index in [2.05, 4.69) is 10.6 Å². The zero-order valence-electron chi connectivity index (χ0n) is 26.3. The Morgan fingerprint density at radius 1 is 0.550 bits per heavy atom. The average molecular weight is 605 g/mol. The molecule has 0 saturated carbocycles. The minimum Gasteiger partial charge on any atom is -0.444 e. The van der Waals surface area contributed by atoms with E-state index in [1.807, 2.05) is 0 Å². The van der Waals surface area contributed by atoms with Gasteiger partial charge in [-0.1, -0.05) is 38.5 Å². The van der Waals surface area contributed by atoms with Crippen molar-refractivity contribution < 1.29 is 28.7 Å². The van der Waals surface area contributed by atoms with Crippen LogP contribution in [0.15, 0.2) is 0 Å². The molecule has 2 atom stereocenters. The van der Waals surface area contributed by atoms with E-state index in [4.69, 9.17) is 9.47 Å². The smallest absolute Gasteiger partial charge is 0.408 e. The monoisotopic (exact) mass is 604 g/mol. The molecule has 2 amide bonds. The number of rotatable bonds is 21. The van der Waals surface area contributed by atoms with E-state index < -0.39 is 35.5 Å². The first-order valence-corrected chi connectivity index (χ1v) is 17.1. The van der Waals surface area contributed by atoms with Gasteiger partial charge in [-0.2, -0.15) is 23.5 Å². The molecule has 2 unspecified atom stereocenters. The quantitative estimate of drug-likeness (QED) is 0.131. The summed E-state index contributed by atoms with van der Waals surface area (Å²) in [5, 5.41) is 5.22. The van der Waals surface area contributed by atoms with Crippen LogP contribution < -0.4 is 10.6 Å². The Kier molecular flexibility index (Phi) is 20.6. The Hall–Kier alpha value is -1.42. The van der Waals surface area contributed by atoms with Crippen molar-refractivity contribution >= 4 is 47.3 Å². The molecule has 40 heavy (non-hydrogen) atoms. The molecule has 0 heterocycles. The van der Waals surface area contributed by atoms with Gasteiger partial charge in [-0.25, -0.2) is 9.59 Å². The summed E-state index contributed by atoms with van der Waals surface area (Å²) >= 11 is 3.61. The van der Waals surface area contributed by atoms with E-state index >= 15 is 0 Å². The van der Waals surface area contributed by atoms with Gasteiger partial charge in [0.25, 0.3) is 0 Å². The fourth-order valence-corrected chi connectivity index (χ4v) is 5.50. The van der Waals surface area contributed by atoms with Crippen LogP contribution in [0, 0.1) is 0 Å². The van der Waals surface area contributed by atoms with Crippen molar-refractivity contribution in [3.63, 3.8) is 0 Å². The van der Waals surface area contributed by atoms with Gasteiger partial charge in [0.1, 0.15) is 11.2 Å². The Morgan fingerprint density at radius 3 is 1.15 bits per heavy atom. The third kappa shape index (κ3) is 24.4. The van der Waals surface area contributed by atoms with E-state index in [0.717, 1.165) is 23.0 Å². The van der Waals surface area contributed by atoms with Crippen molar-refractivity contribution in [3.05, 3.63) is 0 Å². The maximum Gasteiger partial charge on any atom is 0.408 e. The molecule has 0 saturated heterocycles. The van der Waals surface area contributed by atoms with E-state index in [-0.39, 0.29) is 11.6 Å². The summed E-state index contributed by atoms with van der Waals surface area (Å²) in [6.07, 6.45) is 9.65. The minimum absolute atomic E-state index is 0.0347. The fourth-order valence-electron chi connectivity index (χ4n) is 3.58. The molecule has 8 nitrogen and oxygen atoms in total. The summed E-state index contributed by atoms with van der Waals surface area (Å²) in [6, 6.07) is -1.05. The van der Waals surface area contributed by atoms with Gasteiger partial charge < -0.3 is 20.1 Å². The Bertz CT molecular complexity index is 687. The molecule has 0 aromatic heterocycles. The first-order valence-electron chi connectivity index (χ1n) is 14.8. The second kappa shape index (κ2) is 21.3. The van der Waals surface area contributed by atoms with Gasteiger partial charge in [0, 0.05) is 24.3 Å². The normalized spacial score (nSPS) is 13.3. The molecule has 10 heteroatoms. The number of ketones is 2. The van der Waals surface area contributed by atoms with E-state index in [9.17, 15) is 19.2 Å². The highest BCUT2D eigenvalue weighted by atomic mass is 32.2. The number of Topliss-reactive ketones (excluding diaryl/α,β-unsaturated/α-hetero) is 2. The first kappa shape index (κ1) is 38.6. The van der Waals surface area contributed by atoms with E-state index in [0.29, 0.717) is 12.8 Å². The lowest BCUT2D eigenvalue weighted by molar-refractivity contribution is -0.121. The van der Waals surface area contributed by atoms with Gasteiger partial charge in [-0.15, -0.1) is 0 Å². The van der Waals surface area contributed by atoms with Crippen molar-refractivity contribution in [2.45, 2.75) is 143 Å². The van der Waals surface area contributed by atoms with Crippen LogP contribution in [-0.2, 0) is 19.1 Å². The van der Waals surface area contributed by atoms with E-state index in [1.54, 1.807) is 78.9 Å². The molecule has 0 fully saturated rings. The van der Waals surface area contributed by atoms with Crippen LogP contribution in [0.2, 0.25) is 0 Å². The summed E-state index contributed by atoms with van der Waals surface area (Å²) in [5.74, 6) is 3.77. The van der Waals surface area contributed by atoms with Crippen LogP contribution in [0.25, 0.3) is 0 Å². The van der Waals surface area contributed by atoms with Gasteiger partial charge in [0.15, 0.2) is 11.6 Å². The molecule has 0 aliphatic carbocycles.